The lowest BCUT2D eigenvalue weighted by Crippen LogP contribution is -1.83. The van der Waals surface area contributed by atoms with E-state index in [1.54, 1.807) is 0 Å². The normalized spacial score (nSPS) is 11.1. The van der Waals surface area contributed by atoms with E-state index < -0.39 is 0 Å². The molecule has 90 valence electrons. The van der Waals surface area contributed by atoms with Gasteiger partial charge in [0, 0.05) is 15.7 Å². The highest BCUT2D eigenvalue weighted by Crippen LogP contribution is 2.24. The van der Waals surface area contributed by atoms with E-state index in [0.717, 1.165) is 32.7 Å². The molecule has 3 aromatic rings. The van der Waals surface area contributed by atoms with Gasteiger partial charge < -0.3 is 4.98 Å². The molecular formula is C14H12BrN3. The summed E-state index contributed by atoms with van der Waals surface area (Å²) in [5.74, 6) is 0.854. The highest BCUT2D eigenvalue weighted by Gasteiger charge is 2.07. The first kappa shape index (κ1) is 11.4. The van der Waals surface area contributed by atoms with E-state index in [0.29, 0.717) is 0 Å². The van der Waals surface area contributed by atoms with Crippen LogP contribution in [0.25, 0.3) is 22.6 Å². The van der Waals surface area contributed by atoms with E-state index in [1.165, 1.54) is 5.56 Å². The van der Waals surface area contributed by atoms with Crippen LogP contribution in [0.4, 0.5) is 0 Å². The van der Waals surface area contributed by atoms with Crippen molar-refractivity contribution in [3.8, 4) is 11.4 Å². The Balaban J connectivity index is 2.19. The smallest absolute Gasteiger partial charge is 0.178 e. The van der Waals surface area contributed by atoms with Crippen molar-refractivity contribution in [2.24, 2.45) is 0 Å². The number of aromatic amines is 1. The van der Waals surface area contributed by atoms with Crippen molar-refractivity contribution >= 4 is 27.1 Å². The second-order valence-electron chi connectivity index (χ2n) is 4.43. The van der Waals surface area contributed by atoms with Crippen LogP contribution in [0.15, 0.2) is 34.8 Å². The van der Waals surface area contributed by atoms with Crippen LogP contribution in [0.3, 0.4) is 0 Å². The Morgan fingerprint density at radius 3 is 2.67 bits per heavy atom. The average molecular weight is 302 g/mol. The third-order valence-electron chi connectivity index (χ3n) is 2.80. The van der Waals surface area contributed by atoms with E-state index in [4.69, 9.17) is 0 Å². The number of aryl methyl sites for hydroxylation is 2. The van der Waals surface area contributed by atoms with Gasteiger partial charge in [-0.05, 0) is 49.7 Å². The molecule has 0 amide bonds. The fourth-order valence-corrected chi connectivity index (χ4v) is 2.60. The van der Waals surface area contributed by atoms with Gasteiger partial charge in [0.25, 0.3) is 0 Å². The summed E-state index contributed by atoms with van der Waals surface area (Å²) in [6, 6.07) is 10.2. The number of nitrogens with one attached hydrogen (secondary N) is 1. The van der Waals surface area contributed by atoms with Crippen molar-refractivity contribution in [3.63, 3.8) is 0 Å². The fraction of sp³-hybridized carbons (Fsp3) is 0.143. The number of benzene rings is 1. The monoisotopic (exact) mass is 301 g/mol. The predicted octanol–water partition coefficient (Wildman–Crippen LogP) is 4.00. The highest BCUT2D eigenvalue weighted by molar-refractivity contribution is 9.10. The minimum absolute atomic E-state index is 0.766. The zero-order valence-corrected chi connectivity index (χ0v) is 11.7. The summed E-state index contributed by atoms with van der Waals surface area (Å²) < 4.78 is 1.06. The van der Waals surface area contributed by atoms with Crippen LogP contribution >= 0.6 is 15.9 Å². The van der Waals surface area contributed by atoms with E-state index in [1.807, 2.05) is 19.1 Å². The molecule has 0 bridgehead atoms. The zero-order valence-electron chi connectivity index (χ0n) is 10.2. The lowest BCUT2D eigenvalue weighted by atomic mass is 10.1. The number of H-pyrrole nitrogens is 1. The molecule has 18 heavy (non-hydrogen) atoms. The Labute approximate surface area is 113 Å². The quantitative estimate of drug-likeness (QED) is 0.738. The molecule has 0 aliphatic carbocycles. The molecule has 1 N–H and O–H groups in total. The minimum Gasteiger partial charge on any atom is -0.337 e. The zero-order chi connectivity index (χ0) is 12.7. The Bertz CT molecular complexity index is 711. The highest BCUT2D eigenvalue weighted by atomic mass is 79.9. The topological polar surface area (TPSA) is 41.6 Å². The summed E-state index contributed by atoms with van der Waals surface area (Å²) in [4.78, 5) is 12.3. The summed E-state index contributed by atoms with van der Waals surface area (Å²) in [6.45, 7) is 4.04. The fourth-order valence-electron chi connectivity index (χ4n) is 2.00. The summed E-state index contributed by atoms with van der Waals surface area (Å²) in [7, 11) is 0. The molecule has 4 heteroatoms. The van der Waals surface area contributed by atoms with Crippen molar-refractivity contribution in [2.75, 3.05) is 0 Å². The number of imidazole rings is 1. The van der Waals surface area contributed by atoms with Gasteiger partial charge in [0.05, 0.1) is 5.52 Å². The molecule has 0 radical (unpaired) electrons. The third-order valence-corrected chi connectivity index (χ3v) is 3.26. The van der Waals surface area contributed by atoms with Crippen molar-refractivity contribution in [2.45, 2.75) is 13.8 Å². The summed E-state index contributed by atoms with van der Waals surface area (Å²) in [5.41, 5.74) is 4.98. The van der Waals surface area contributed by atoms with E-state index in [9.17, 15) is 0 Å². The summed E-state index contributed by atoms with van der Waals surface area (Å²) in [5, 5.41) is 0. The second kappa shape index (κ2) is 4.21. The maximum absolute atomic E-state index is 4.54. The first-order valence-corrected chi connectivity index (χ1v) is 6.52. The molecule has 2 heterocycles. The molecule has 0 aliphatic rings. The van der Waals surface area contributed by atoms with Gasteiger partial charge in [0.1, 0.15) is 5.82 Å². The molecule has 3 nitrogen and oxygen atoms in total. The largest absolute Gasteiger partial charge is 0.337 e. The first-order chi connectivity index (χ1) is 8.61. The molecule has 0 aliphatic heterocycles. The Morgan fingerprint density at radius 1 is 1.06 bits per heavy atom. The van der Waals surface area contributed by atoms with Crippen LogP contribution in [0.1, 0.15) is 11.3 Å². The number of aromatic nitrogens is 3. The van der Waals surface area contributed by atoms with Gasteiger partial charge in [-0.15, -0.1) is 0 Å². The average Bonchev–Trinajstić information content (AvgIpc) is 2.70. The molecule has 2 aromatic heterocycles. The predicted molar refractivity (Wildman–Crippen MR) is 76.5 cm³/mol. The Hall–Kier alpha value is -1.68. The van der Waals surface area contributed by atoms with Gasteiger partial charge in [-0.1, -0.05) is 15.9 Å². The molecule has 0 saturated heterocycles. The summed E-state index contributed by atoms with van der Waals surface area (Å²) in [6.07, 6.45) is 0. The lowest BCUT2D eigenvalue weighted by Gasteiger charge is -2.00. The van der Waals surface area contributed by atoms with Gasteiger partial charge in [-0.2, -0.15) is 0 Å². The van der Waals surface area contributed by atoms with Gasteiger partial charge in [-0.3, -0.25) is 0 Å². The lowest BCUT2D eigenvalue weighted by molar-refractivity contribution is 1.22. The molecule has 0 saturated carbocycles. The number of fused-ring (bicyclic) bond motifs is 1. The second-order valence-corrected chi connectivity index (χ2v) is 5.34. The number of halogens is 1. The molecule has 3 rings (SSSR count). The summed E-state index contributed by atoms with van der Waals surface area (Å²) >= 11 is 3.51. The number of hydrogen-bond donors (Lipinski definition) is 1. The number of pyridine rings is 1. The molecule has 0 spiro atoms. The maximum Gasteiger partial charge on any atom is 0.178 e. The standard InChI is InChI=1S/C14H12BrN3/c1-8-5-10(7-11(15)6-8)13-17-12-4-3-9(2)16-14(12)18-13/h3-7H,1-2H3,(H,16,17,18). The van der Waals surface area contributed by atoms with Gasteiger partial charge in [0.15, 0.2) is 5.65 Å². The van der Waals surface area contributed by atoms with Crippen LogP contribution in [-0.2, 0) is 0 Å². The van der Waals surface area contributed by atoms with Crippen LogP contribution in [0.2, 0.25) is 0 Å². The molecule has 0 fully saturated rings. The molecular weight excluding hydrogens is 290 g/mol. The maximum atomic E-state index is 4.54. The van der Waals surface area contributed by atoms with Crippen LogP contribution in [-0.4, -0.2) is 15.0 Å². The third kappa shape index (κ3) is 2.04. The number of hydrogen-bond acceptors (Lipinski definition) is 2. The van der Waals surface area contributed by atoms with Gasteiger partial charge >= 0.3 is 0 Å². The number of nitrogens with zero attached hydrogens (tertiary/aromatic N) is 2. The van der Waals surface area contributed by atoms with Crippen molar-refractivity contribution in [1.82, 2.24) is 15.0 Å². The van der Waals surface area contributed by atoms with E-state index in [2.05, 4.69) is 56.0 Å². The van der Waals surface area contributed by atoms with Gasteiger partial charge in [-0.25, -0.2) is 9.97 Å². The van der Waals surface area contributed by atoms with Crippen molar-refractivity contribution in [1.29, 1.82) is 0 Å². The van der Waals surface area contributed by atoms with Gasteiger partial charge in [0.2, 0.25) is 0 Å². The Morgan fingerprint density at radius 2 is 1.89 bits per heavy atom. The van der Waals surface area contributed by atoms with Crippen LogP contribution in [0.5, 0.6) is 0 Å². The van der Waals surface area contributed by atoms with Crippen LogP contribution < -0.4 is 0 Å². The number of rotatable bonds is 1. The first-order valence-electron chi connectivity index (χ1n) is 5.73. The van der Waals surface area contributed by atoms with Crippen LogP contribution in [0, 0.1) is 13.8 Å². The molecule has 0 atom stereocenters. The molecule has 0 unspecified atom stereocenters. The van der Waals surface area contributed by atoms with Crippen molar-refractivity contribution < 1.29 is 0 Å². The van der Waals surface area contributed by atoms with E-state index >= 15 is 0 Å². The van der Waals surface area contributed by atoms with E-state index in [-0.39, 0.29) is 0 Å². The molecule has 1 aromatic carbocycles. The minimum atomic E-state index is 0.766. The van der Waals surface area contributed by atoms with Crippen molar-refractivity contribution in [3.05, 3.63) is 46.1 Å². The Kier molecular flexibility index (Phi) is 2.67. The SMILES string of the molecule is Cc1cc(Br)cc(-c2nc3nc(C)ccc3[nH]2)c1.